The second kappa shape index (κ2) is 5.59. The van der Waals surface area contributed by atoms with Crippen LogP contribution in [0, 0.1) is 0 Å². The smallest absolute Gasteiger partial charge is 0.283 e. The minimum atomic E-state index is -4.13. The quantitative estimate of drug-likeness (QED) is 0.766. The summed E-state index contributed by atoms with van der Waals surface area (Å²) in [6, 6.07) is 8.75. The van der Waals surface area contributed by atoms with Gasteiger partial charge in [0, 0.05) is 6.07 Å². The first-order chi connectivity index (χ1) is 10.9. The van der Waals surface area contributed by atoms with Crippen molar-refractivity contribution >= 4 is 44.1 Å². The molecule has 9 heteroatoms. The first kappa shape index (κ1) is 15.9. The van der Waals surface area contributed by atoms with Crippen LogP contribution in [0.3, 0.4) is 0 Å². The topological polar surface area (TPSA) is 81.2 Å². The zero-order valence-electron chi connectivity index (χ0n) is 11.7. The van der Waals surface area contributed by atoms with Gasteiger partial charge in [0.1, 0.15) is 10.6 Å². The number of aromatic nitrogens is 2. The molecule has 3 rings (SSSR count). The molecular formula is C14H10Cl2N2O4S. The fourth-order valence-electron chi connectivity index (χ4n) is 2.18. The molecule has 1 N–H and O–H groups in total. The fourth-order valence-corrected chi connectivity index (χ4v) is 4.23. The maximum absolute atomic E-state index is 12.8. The maximum atomic E-state index is 12.8. The van der Waals surface area contributed by atoms with Crippen LogP contribution in [-0.2, 0) is 10.0 Å². The van der Waals surface area contributed by atoms with E-state index in [4.69, 9.17) is 27.9 Å². The lowest BCUT2D eigenvalue weighted by atomic mass is 10.2. The van der Waals surface area contributed by atoms with Crippen molar-refractivity contribution in [3.05, 3.63) is 56.8 Å². The molecule has 0 radical (unpaired) electrons. The summed E-state index contributed by atoms with van der Waals surface area (Å²) in [6.07, 6.45) is 0. The standard InChI is InChI=1S/C14H10Cl2N2O4S/c1-22-8-5-6-9-11(7-8)18(17-14(9)19)23(20,21)12-4-2-3-10(15)13(12)16/h2-7H,1H3,(H,17,19). The van der Waals surface area contributed by atoms with Gasteiger partial charge in [0.2, 0.25) is 0 Å². The Morgan fingerprint density at radius 3 is 2.61 bits per heavy atom. The van der Waals surface area contributed by atoms with Gasteiger partial charge in [-0.05, 0) is 24.3 Å². The first-order valence-corrected chi connectivity index (χ1v) is 8.54. The highest BCUT2D eigenvalue weighted by Crippen LogP contribution is 2.31. The number of methoxy groups -OCH3 is 1. The molecule has 0 fully saturated rings. The second-order valence-corrected chi connectivity index (χ2v) is 7.19. The SMILES string of the molecule is COc1ccc2c(=O)[nH]n(S(=O)(=O)c3cccc(Cl)c3Cl)c2c1. The summed E-state index contributed by atoms with van der Waals surface area (Å²) in [6.45, 7) is 0. The third-order valence-corrected chi connectivity index (χ3v) is 5.90. The average molecular weight is 373 g/mol. The fraction of sp³-hybridized carbons (Fsp3) is 0.0714. The molecule has 2 aromatic carbocycles. The molecule has 0 saturated heterocycles. The minimum absolute atomic E-state index is 0.101. The molecule has 0 amide bonds. The lowest BCUT2D eigenvalue weighted by Gasteiger charge is -2.09. The van der Waals surface area contributed by atoms with Gasteiger partial charge in [-0.1, -0.05) is 29.3 Å². The summed E-state index contributed by atoms with van der Waals surface area (Å²) < 4.78 is 31.5. The zero-order valence-corrected chi connectivity index (χ0v) is 14.0. The van der Waals surface area contributed by atoms with E-state index >= 15 is 0 Å². The predicted molar refractivity (Wildman–Crippen MR) is 88.2 cm³/mol. The summed E-state index contributed by atoms with van der Waals surface area (Å²) in [5, 5.41) is 2.51. The Morgan fingerprint density at radius 1 is 1.17 bits per heavy atom. The van der Waals surface area contributed by atoms with E-state index in [0.29, 0.717) is 5.75 Å². The number of nitrogens with one attached hydrogen (secondary N) is 1. The van der Waals surface area contributed by atoms with E-state index in [9.17, 15) is 13.2 Å². The van der Waals surface area contributed by atoms with E-state index in [1.54, 1.807) is 6.07 Å². The van der Waals surface area contributed by atoms with Gasteiger partial charge >= 0.3 is 0 Å². The molecule has 1 heterocycles. The molecular weight excluding hydrogens is 363 g/mol. The van der Waals surface area contributed by atoms with Crippen LogP contribution in [0.4, 0.5) is 0 Å². The monoisotopic (exact) mass is 372 g/mol. The van der Waals surface area contributed by atoms with Crippen molar-refractivity contribution in [1.82, 2.24) is 9.19 Å². The molecule has 0 spiro atoms. The molecule has 120 valence electrons. The van der Waals surface area contributed by atoms with Gasteiger partial charge in [-0.3, -0.25) is 4.79 Å². The van der Waals surface area contributed by atoms with E-state index in [0.717, 1.165) is 4.09 Å². The number of benzene rings is 2. The molecule has 23 heavy (non-hydrogen) atoms. The van der Waals surface area contributed by atoms with Crippen molar-refractivity contribution in [2.24, 2.45) is 0 Å². The minimum Gasteiger partial charge on any atom is -0.497 e. The van der Waals surface area contributed by atoms with E-state index in [-0.39, 0.29) is 25.8 Å². The molecule has 3 aromatic rings. The first-order valence-electron chi connectivity index (χ1n) is 6.34. The van der Waals surface area contributed by atoms with Gasteiger partial charge in [-0.2, -0.15) is 12.5 Å². The van der Waals surface area contributed by atoms with Crippen molar-refractivity contribution in [3.63, 3.8) is 0 Å². The Kier molecular flexibility index (Phi) is 3.87. The van der Waals surface area contributed by atoms with Crippen molar-refractivity contribution < 1.29 is 13.2 Å². The van der Waals surface area contributed by atoms with Gasteiger partial charge in [0.05, 0.1) is 28.1 Å². The van der Waals surface area contributed by atoms with Crippen molar-refractivity contribution in [2.45, 2.75) is 4.90 Å². The average Bonchev–Trinajstić information content (AvgIpc) is 2.87. The zero-order chi connectivity index (χ0) is 16.8. The highest BCUT2D eigenvalue weighted by Gasteiger charge is 2.25. The highest BCUT2D eigenvalue weighted by atomic mass is 35.5. The second-order valence-electron chi connectivity index (χ2n) is 4.65. The summed E-state index contributed by atoms with van der Waals surface area (Å²) in [4.78, 5) is 11.8. The third kappa shape index (κ3) is 2.50. The van der Waals surface area contributed by atoms with Crippen LogP contribution < -0.4 is 10.3 Å². The Hall–Kier alpha value is -1.96. The molecule has 0 unspecified atom stereocenters. The van der Waals surface area contributed by atoms with Gasteiger partial charge in [0.15, 0.2) is 0 Å². The third-order valence-electron chi connectivity index (χ3n) is 3.31. The number of halogens is 2. The number of hydrogen-bond acceptors (Lipinski definition) is 4. The van der Waals surface area contributed by atoms with E-state index in [1.807, 2.05) is 0 Å². The summed E-state index contributed by atoms with van der Waals surface area (Å²) in [7, 11) is -2.69. The van der Waals surface area contributed by atoms with E-state index in [2.05, 4.69) is 5.10 Å². The molecule has 0 aliphatic carbocycles. The lowest BCUT2D eigenvalue weighted by molar-refractivity contribution is 0.415. The van der Waals surface area contributed by atoms with Crippen LogP contribution in [0.15, 0.2) is 46.1 Å². The molecule has 0 atom stereocenters. The van der Waals surface area contributed by atoms with Crippen LogP contribution in [-0.4, -0.2) is 24.7 Å². The maximum Gasteiger partial charge on any atom is 0.283 e. The number of hydrogen-bond donors (Lipinski definition) is 1. The Morgan fingerprint density at radius 2 is 1.91 bits per heavy atom. The van der Waals surface area contributed by atoms with Crippen molar-refractivity contribution in [2.75, 3.05) is 7.11 Å². The normalized spacial score (nSPS) is 11.8. The number of ether oxygens (including phenoxy) is 1. The number of H-pyrrole nitrogens is 1. The predicted octanol–water partition coefficient (Wildman–Crippen LogP) is 2.88. The van der Waals surface area contributed by atoms with Crippen LogP contribution in [0.2, 0.25) is 10.0 Å². The lowest BCUT2D eigenvalue weighted by Crippen LogP contribution is -2.17. The molecule has 0 aliphatic rings. The molecule has 0 aliphatic heterocycles. The Labute approximate surface area is 141 Å². The van der Waals surface area contributed by atoms with Gasteiger partial charge in [0.25, 0.3) is 15.6 Å². The van der Waals surface area contributed by atoms with Gasteiger partial charge < -0.3 is 4.74 Å². The van der Waals surface area contributed by atoms with Crippen LogP contribution in [0.5, 0.6) is 5.75 Å². The Bertz CT molecular complexity index is 1070. The van der Waals surface area contributed by atoms with Crippen molar-refractivity contribution in [1.29, 1.82) is 0 Å². The number of nitrogens with zero attached hydrogens (tertiary/aromatic N) is 1. The van der Waals surface area contributed by atoms with Crippen LogP contribution in [0.25, 0.3) is 10.9 Å². The van der Waals surface area contributed by atoms with Crippen molar-refractivity contribution in [3.8, 4) is 5.75 Å². The van der Waals surface area contributed by atoms with Crippen LogP contribution in [0.1, 0.15) is 0 Å². The largest absolute Gasteiger partial charge is 0.497 e. The Balaban J connectivity index is 2.35. The molecule has 6 nitrogen and oxygen atoms in total. The van der Waals surface area contributed by atoms with Crippen LogP contribution >= 0.6 is 23.2 Å². The number of fused-ring (bicyclic) bond motifs is 1. The van der Waals surface area contributed by atoms with E-state index < -0.39 is 15.6 Å². The van der Waals surface area contributed by atoms with Gasteiger partial charge in [-0.25, -0.2) is 5.10 Å². The van der Waals surface area contributed by atoms with Gasteiger partial charge in [-0.15, -0.1) is 0 Å². The molecule has 0 bridgehead atoms. The molecule has 1 aromatic heterocycles. The summed E-state index contributed by atoms with van der Waals surface area (Å²) in [5.74, 6) is 0.414. The highest BCUT2D eigenvalue weighted by molar-refractivity contribution is 7.90. The summed E-state index contributed by atoms with van der Waals surface area (Å²) in [5.41, 5.74) is -0.380. The van der Waals surface area contributed by atoms with E-state index in [1.165, 1.54) is 37.4 Å². The summed E-state index contributed by atoms with van der Waals surface area (Å²) >= 11 is 11.9. The number of aromatic amines is 1. The molecule has 0 saturated carbocycles. The number of rotatable bonds is 3.